The Morgan fingerprint density at radius 1 is 1.31 bits per heavy atom. The molecule has 0 bridgehead atoms. The van der Waals surface area contributed by atoms with Crippen molar-refractivity contribution in [1.82, 2.24) is 0 Å². The summed E-state index contributed by atoms with van der Waals surface area (Å²) in [7, 11) is 0. The SMILES string of the molecule is O=C(/C=C/c1cc2c(cc1[N+](=O)[O-])OCO2)OCC(=O)c1ccc(Cl)s1. The van der Waals surface area contributed by atoms with Crippen LogP contribution in [0.25, 0.3) is 6.08 Å². The monoisotopic (exact) mass is 395 g/mol. The number of carbonyl (C=O) groups excluding carboxylic acids is 2. The molecule has 0 spiro atoms. The fourth-order valence-corrected chi connectivity index (χ4v) is 3.08. The van der Waals surface area contributed by atoms with E-state index in [2.05, 4.69) is 0 Å². The van der Waals surface area contributed by atoms with Crippen LogP contribution in [0.1, 0.15) is 15.2 Å². The molecule has 2 heterocycles. The number of nitrogens with zero attached hydrogens (tertiary/aromatic N) is 1. The highest BCUT2D eigenvalue weighted by atomic mass is 35.5. The summed E-state index contributed by atoms with van der Waals surface area (Å²) in [6.45, 7) is -0.486. The van der Waals surface area contributed by atoms with Crippen LogP contribution in [0.5, 0.6) is 11.5 Å². The molecule has 134 valence electrons. The predicted molar refractivity (Wildman–Crippen MR) is 92.9 cm³/mol. The lowest BCUT2D eigenvalue weighted by molar-refractivity contribution is -0.385. The molecule has 26 heavy (non-hydrogen) atoms. The van der Waals surface area contributed by atoms with Gasteiger partial charge in [-0.15, -0.1) is 11.3 Å². The van der Waals surface area contributed by atoms with Crippen LogP contribution in [-0.2, 0) is 9.53 Å². The molecule has 0 saturated heterocycles. The molecule has 10 heteroatoms. The first-order valence-corrected chi connectivity index (χ1v) is 8.35. The van der Waals surface area contributed by atoms with Crippen LogP contribution in [-0.4, -0.2) is 30.1 Å². The Morgan fingerprint density at radius 3 is 2.69 bits per heavy atom. The van der Waals surface area contributed by atoms with Gasteiger partial charge >= 0.3 is 5.97 Å². The van der Waals surface area contributed by atoms with Gasteiger partial charge in [0, 0.05) is 6.08 Å². The average Bonchev–Trinajstić information content (AvgIpc) is 3.24. The lowest BCUT2D eigenvalue weighted by Crippen LogP contribution is -2.11. The summed E-state index contributed by atoms with van der Waals surface area (Å²) in [4.78, 5) is 34.5. The molecule has 0 radical (unpaired) electrons. The van der Waals surface area contributed by atoms with Gasteiger partial charge in [0.2, 0.25) is 12.6 Å². The number of nitro groups is 1. The Labute approximate surface area is 155 Å². The number of ketones is 1. The van der Waals surface area contributed by atoms with Crippen LogP contribution in [0, 0.1) is 10.1 Å². The minimum absolute atomic E-state index is 0.0312. The molecule has 1 aliphatic rings. The number of rotatable bonds is 6. The fourth-order valence-electron chi connectivity index (χ4n) is 2.12. The first-order valence-electron chi connectivity index (χ1n) is 7.15. The number of nitro benzene ring substituents is 1. The predicted octanol–water partition coefficient (Wildman–Crippen LogP) is 3.48. The van der Waals surface area contributed by atoms with Gasteiger partial charge in [-0.2, -0.15) is 0 Å². The first kappa shape index (κ1) is 17.9. The van der Waals surface area contributed by atoms with E-state index in [1.165, 1.54) is 24.3 Å². The van der Waals surface area contributed by atoms with Crippen LogP contribution in [0.4, 0.5) is 5.69 Å². The Balaban J connectivity index is 1.66. The highest BCUT2D eigenvalue weighted by Gasteiger charge is 2.22. The van der Waals surface area contributed by atoms with Crippen LogP contribution < -0.4 is 9.47 Å². The number of esters is 1. The minimum atomic E-state index is -0.812. The van der Waals surface area contributed by atoms with Gasteiger partial charge in [0.1, 0.15) is 0 Å². The molecule has 0 unspecified atom stereocenters. The third kappa shape index (κ3) is 4.01. The maximum Gasteiger partial charge on any atom is 0.331 e. The fraction of sp³-hybridized carbons (Fsp3) is 0.125. The molecule has 3 rings (SSSR count). The molecule has 0 atom stereocenters. The van der Waals surface area contributed by atoms with Crippen molar-refractivity contribution < 1.29 is 28.7 Å². The van der Waals surface area contributed by atoms with E-state index in [0.717, 1.165) is 17.4 Å². The third-order valence-electron chi connectivity index (χ3n) is 3.31. The zero-order valence-corrected chi connectivity index (χ0v) is 14.5. The van der Waals surface area contributed by atoms with Crippen molar-refractivity contribution >= 4 is 46.5 Å². The van der Waals surface area contributed by atoms with Gasteiger partial charge in [-0.25, -0.2) is 4.79 Å². The zero-order chi connectivity index (χ0) is 18.7. The Kier molecular flexibility index (Phi) is 5.19. The Bertz CT molecular complexity index is 921. The number of halogens is 1. The summed E-state index contributed by atoms with van der Waals surface area (Å²) >= 11 is 6.82. The Hall–Kier alpha value is -2.91. The molecule has 2 aromatic rings. The Morgan fingerprint density at radius 2 is 2.04 bits per heavy atom. The van der Waals surface area contributed by atoms with Gasteiger partial charge < -0.3 is 14.2 Å². The van der Waals surface area contributed by atoms with Crippen molar-refractivity contribution in [2.75, 3.05) is 13.4 Å². The molecule has 0 amide bonds. The van der Waals surface area contributed by atoms with Crippen LogP contribution in [0.2, 0.25) is 4.34 Å². The van der Waals surface area contributed by atoms with Crippen molar-refractivity contribution in [3.8, 4) is 11.5 Å². The molecule has 1 aliphatic heterocycles. The molecule has 0 fully saturated rings. The average molecular weight is 396 g/mol. The van der Waals surface area contributed by atoms with E-state index in [9.17, 15) is 19.7 Å². The number of fused-ring (bicyclic) bond motifs is 1. The van der Waals surface area contributed by atoms with E-state index in [1.54, 1.807) is 6.07 Å². The van der Waals surface area contributed by atoms with Gasteiger partial charge in [0.25, 0.3) is 5.69 Å². The van der Waals surface area contributed by atoms with E-state index >= 15 is 0 Å². The zero-order valence-electron chi connectivity index (χ0n) is 13.0. The number of thiophene rings is 1. The molecule has 0 N–H and O–H groups in total. The standard InChI is InChI=1S/C16H10ClNO7S/c17-15-3-2-14(26-15)11(19)7-23-16(20)4-1-9-5-12-13(25-8-24-12)6-10(9)18(21)22/h1-6H,7-8H2/b4-1+. The number of hydrogen-bond donors (Lipinski definition) is 0. The number of Topliss-reactive ketones (excluding diaryl/α,β-unsaturated/α-hetero) is 1. The number of ether oxygens (including phenoxy) is 3. The highest BCUT2D eigenvalue weighted by Crippen LogP contribution is 2.38. The van der Waals surface area contributed by atoms with Crippen molar-refractivity contribution in [2.24, 2.45) is 0 Å². The van der Waals surface area contributed by atoms with Gasteiger partial charge in [-0.1, -0.05) is 11.6 Å². The van der Waals surface area contributed by atoms with Gasteiger partial charge in [0.15, 0.2) is 18.1 Å². The second kappa shape index (κ2) is 7.54. The van der Waals surface area contributed by atoms with Crippen molar-refractivity contribution in [1.29, 1.82) is 0 Å². The van der Waals surface area contributed by atoms with Gasteiger partial charge in [-0.05, 0) is 24.3 Å². The topological polar surface area (TPSA) is 105 Å². The molecular formula is C16H10ClNO7S. The minimum Gasteiger partial charge on any atom is -0.454 e. The van der Waals surface area contributed by atoms with Crippen molar-refractivity contribution in [2.45, 2.75) is 0 Å². The quantitative estimate of drug-likeness (QED) is 0.242. The van der Waals surface area contributed by atoms with E-state index in [-0.39, 0.29) is 23.8 Å². The lowest BCUT2D eigenvalue weighted by Gasteiger charge is -2.02. The lowest BCUT2D eigenvalue weighted by atomic mass is 10.1. The smallest absolute Gasteiger partial charge is 0.331 e. The molecule has 0 aliphatic carbocycles. The van der Waals surface area contributed by atoms with Crippen molar-refractivity contribution in [3.05, 3.63) is 55.2 Å². The van der Waals surface area contributed by atoms with Crippen LogP contribution in [0.15, 0.2) is 30.3 Å². The largest absolute Gasteiger partial charge is 0.454 e. The maximum absolute atomic E-state index is 11.8. The van der Waals surface area contributed by atoms with E-state index < -0.39 is 23.3 Å². The van der Waals surface area contributed by atoms with Crippen LogP contribution in [0.3, 0.4) is 0 Å². The first-order chi connectivity index (χ1) is 12.4. The number of hydrogen-bond acceptors (Lipinski definition) is 8. The summed E-state index contributed by atoms with van der Waals surface area (Å²) in [6.07, 6.45) is 2.22. The van der Waals surface area contributed by atoms with Crippen molar-refractivity contribution in [3.63, 3.8) is 0 Å². The molecule has 0 saturated carbocycles. The third-order valence-corrected chi connectivity index (χ3v) is 4.58. The van der Waals surface area contributed by atoms with E-state index in [1.807, 2.05) is 0 Å². The van der Waals surface area contributed by atoms with Gasteiger partial charge in [0.05, 0.1) is 25.8 Å². The summed E-state index contributed by atoms with van der Waals surface area (Å²) in [5, 5.41) is 11.1. The number of carbonyl (C=O) groups is 2. The van der Waals surface area contributed by atoms with E-state index in [0.29, 0.717) is 15.0 Å². The maximum atomic E-state index is 11.8. The molecular weight excluding hydrogens is 386 g/mol. The molecule has 8 nitrogen and oxygen atoms in total. The second-order valence-electron chi connectivity index (χ2n) is 4.99. The summed E-state index contributed by atoms with van der Waals surface area (Å²) in [6, 6.07) is 5.72. The second-order valence-corrected chi connectivity index (χ2v) is 6.70. The summed E-state index contributed by atoms with van der Waals surface area (Å²) < 4.78 is 15.5. The normalized spacial score (nSPS) is 12.3. The molecule has 1 aromatic heterocycles. The summed E-state index contributed by atoms with van der Waals surface area (Å²) in [5.74, 6) is -0.601. The highest BCUT2D eigenvalue weighted by molar-refractivity contribution is 7.18. The molecule has 1 aromatic carbocycles. The van der Waals surface area contributed by atoms with E-state index in [4.69, 9.17) is 25.8 Å². The number of benzene rings is 1. The van der Waals surface area contributed by atoms with Crippen LogP contribution >= 0.6 is 22.9 Å². The summed E-state index contributed by atoms with van der Waals surface area (Å²) in [5.41, 5.74) is -0.102. The van der Waals surface area contributed by atoms with Gasteiger partial charge in [-0.3, -0.25) is 14.9 Å².